The fraction of sp³-hybridized carbons (Fsp3) is 0.500. The monoisotopic (exact) mass is 534 g/mol. The molecule has 0 spiro atoms. The molecule has 1 aromatic heterocycles. The number of methoxy groups -OCH3 is 1. The minimum atomic E-state index is -0.916. The number of amides is 1. The molecular weight excluding hydrogens is 496 g/mol. The van der Waals surface area contributed by atoms with Crippen molar-refractivity contribution < 1.29 is 23.8 Å². The van der Waals surface area contributed by atoms with Gasteiger partial charge in [-0.1, -0.05) is 18.2 Å². The van der Waals surface area contributed by atoms with Gasteiger partial charge in [0.15, 0.2) is 17.6 Å². The van der Waals surface area contributed by atoms with Gasteiger partial charge < -0.3 is 29.3 Å². The molecule has 2 aromatic carbocycles. The number of nitrogens with one attached hydrogen (secondary N) is 1. The summed E-state index contributed by atoms with van der Waals surface area (Å²) in [6.45, 7) is 8.84. The SMILES string of the molecule is COc1cc2c(NC3CCN(C(C)C)C(=O)C3OC=O)c3ccccc3nc2cc1OCCCN1CCCC1. The fourth-order valence-corrected chi connectivity index (χ4v) is 5.74. The number of nitrogens with zero attached hydrogens (tertiary/aromatic N) is 3. The van der Waals surface area contributed by atoms with E-state index in [2.05, 4.69) is 10.2 Å². The topological polar surface area (TPSA) is 93.2 Å². The molecule has 2 aliphatic rings. The molecule has 39 heavy (non-hydrogen) atoms. The first kappa shape index (κ1) is 27.0. The Kier molecular flexibility index (Phi) is 8.35. The number of para-hydroxylation sites is 1. The number of aromatic nitrogens is 1. The number of likely N-dealkylation sites (tertiary alicyclic amines) is 2. The predicted octanol–water partition coefficient (Wildman–Crippen LogP) is 4.22. The number of hydrogen-bond acceptors (Lipinski definition) is 8. The van der Waals surface area contributed by atoms with Crippen molar-refractivity contribution in [3.05, 3.63) is 36.4 Å². The van der Waals surface area contributed by atoms with Gasteiger partial charge in [0.1, 0.15) is 0 Å². The molecular formula is C30H38N4O5. The van der Waals surface area contributed by atoms with Crippen LogP contribution in [0.2, 0.25) is 0 Å². The van der Waals surface area contributed by atoms with E-state index >= 15 is 0 Å². The molecule has 0 saturated carbocycles. The van der Waals surface area contributed by atoms with Crippen LogP contribution in [-0.4, -0.2) is 85.2 Å². The number of rotatable bonds is 11. The van der Waals surface area contributed by atoms with E-state index in [-0.39, 0.29) is 18.0 Å². The lowest BCUT2D eigenvalue weighted by Crippen LogP contribution is -2.56. The first-order chi connectivity index (χ1) is 19.0. The van der Waals surface area contributed by atoms with E-state index in [9.17, 15) is 9.59 Å². The van der Waals surface area contributed by atoms with Crippen LogP contribution in [0.3, 0.4) is 0 Å². The summed E-state index contributed by atoms with van der Waals surface area (Å²) in [6.07, 6.45) is 3.22. The summed E-state index contributed by atoms with van der Waals surface area (Å²) < 4.78 is 17.3. The minimum Gasteiger partial charge on any atom is -0.493 e. The zero-order valence-electron chi connectivity index (χ0n) is 23.0. The molecule has 0 aliphatic carbocycles. The number of piperidine rings is 1. The number of fused-ring (bicyclic) bond motifs is 2. The maximum absolute atomic E-state index is 13.2. The molecule has 9 nitrogen and oxygen atoms in total. The smallest absolute Gasteiger partial charge is 0.293 e. The third-order valence-electron chi connectivity index (χ3n) is 7.77. The second kappa shape index (κ2) is 12.1. The second-order valence-electron chi connectivity index (χ2n) is 10.6. The Morgan fingerprint density at radius 1 is 1.08 bits per heavy atom. The molecule has 5 rings (SSSR count). The van der Waals surface area contributed by atoms with Crippen LogP contribution in [-0.2, 0) is 14.3 Å². The molecule has 2 saturated heterocycles. The summed E-state index contributed by atoms with van der Waals surface area (Å²) in [5.74, 6) is 1.09. The maximum Gasteiger partial charge on any atom is 0.293 e. The Labute approximate surface area is 229 Å². The quantitative estimate of drug-likeness (QED) is 0.222. The summed E-state index contributed by atoms with van der Waals surface area (Å²) in [7, 11) is 1.63. The van der Waals surface area contributed by atoms with Crippen LogP contribution < -0.4 is 14.8 Å². The number of pyridine rings is 1. The molecule has 9 heteroatoms. The minimum absolute atomic E-state index is 0.0248. The van der Waals surface area contributed by atoms with Crippen LogP contribution in [0.15, 0.2) is 36.4 Å². The molecule has 2 unspecified atom stereocenters. The van der Waals surface area contributed by atoms with Gasteiger partial charge in [-0.2, -0.15) is 0 Å². The largest absolute Gasteiger partial charge is 0.493 e. The van der Waals surface area contributed by atoms with E-state index in [0.29, 0.717) is 37.5 Å². The number of hydrogen-bond donors (Lipinski definition) is 1. The van der Waals surface area contributed by atoms with Crippen molar-refractivity contribution in [1.29, 1.82) is 0 Å². The Bertz CT molecular complexity index is 1320. The van der Waals surface area contributed by atoms with E-state index in [1.165, 1.54) is 25.9 Å². The number of carbonyl (C=O) groups excluding carboxylic acids is 2. The number of ether oxygens (including phenoxy) is 3. The Morgan fingerprint density at radius 3 is 2.62 bits per heavy atom. The zero-order valence-corrected chi connectivity index (χ0v) is 23.0. The molecule has 2 aliphatic heterocycles. The van der Waals surface area contributed by atoms with Crippen molar-refractivity contribution in [2.45, 2.75) is 57.7 Å². The number of anilines is 1. The molecule has 0 bridgehead atoms. The number of benzene rings is 2. The van der Waals surface area contributed by atoms with Gasteiger partial charge in [-0.05, 0) is 64.8 Å². The van der Waals surface area contributed by atoms with Crippen molar-refractivity contribution in [3.8, 4) is 11.5 Å². The Balaban J connectivity index is 1.47. The molecule has 3 aromatic rings. The van der Waals surface area contributed by atoms with Crippen LogP contribution in [0.4, 0.5) is 5.69 Å². The molecule has 3 heterocycles. The Hall–Kier alpha value is -3.59. The molecule has 0 radical (unpaired) electrons. The summed E-state index contributed by atoms with van der Waals surface area (Å²) >= 11 is 0. The lowest BCUT2D eigenvalue weighted by molar-refractivity contribution is -0.157. The van der Waals surface area contributed by atoms with Crippen molar-refractivity contribution in [3.63, 3.8) is 0 Å². The van der Waals surface area contributed by atoms with E-state index in [0.717, 1.165) is 40.5 Å². The van der Waals surface area contributed by atoms with Gasteiger partial charge >= 0.3 is 0 Å². The van der Waals surface area contributed by atoms with Crippen LogP contribution in [0.1, 0.15) is 39.5 Å². The zero-order chi connectivity index (χ0) is 27.4. The van der Waals surface area contributed by atoms with Crippen molar-refractivity contribution in [1.82, 2.24) is 14.8 Å². The highest BCUT2D eigenvalue weighted by Crippen LogP contribution is 2.39. The third kappa shape index (κ3) is 5.73. The summed E-state index contributed by atoms with van der Waals surface area (Å²) in [6, 6.07) is 11.4. The fourth-order valence-electron chi connectivity index (χ4n) is 5.74. The highest BCUT2D eigenvalue weighted by molar-refractivity contribution is 6.08. The van der Waals surface area contributed by atoms with Crippen LogP contribution >= 0.6 is 0 Å². The summed E-state index contributed by atoms with van der Waals surface area (Å²) in [5.41, 5.74) is 2.39. The van der Waals surface area contributed by atoms with E-state index < -0.39 is 6.10 Å². The highest BCUT2D eigenvalue weighted by Gasteiger charge is 2.39. The van der Waals surface area contributed by atoms with Crippen LogP contribution in [0, 0.1) is 0 Å². The lowest BCUT2D eigenvalue weighted by atomic mass is 9.97. The van der Waals surface area contributed by atoms with Gasteiger partial charge in [-0.15, -0.1) is 0 Å². The summed E-state index contributed by atoms with van der Waals surface area (Å²) in [5, 5.41) is 5.33. The molecule has 1 N–H and O–H groups in total. The molecule has 2 atom stereocenters. The average molecular weight is 535 g/mol. The first-order valence-electron chi connectivity index (χ1n) is 13.9. The molecule has 208 valence electrons. The number of carbonyl (C=O) groups is 2. The van der Waals surface area contributed by atoms with E-state index in [4.69, 9.17) is 19.2 Å². The van der Waals surface area contributed by atoms with E-state index in [1.807, 2.05) is 50.2 Å². The average Bonchev–Trinajstić information content (AvgIpc) is 3.46. The van der Waals surface area contributed by atoms with Crippen LogP contribution in [0.25, 0.3) is 21.8 Å². The van der Waals surface area contributed by atoms with Crippen molar-refractivity contribution >= 4 is 39.9 Å². The van der Waals surface area contributed by atoms with Gasteiger partial charge in [0, 0.05) is 36.0 Å². The molecule has 1 amide bonds. The van der Waals surface area contributed by atoms with Crippen molar-refractivity contribution in [2.75, 3.05) is 45.2 Å². The maximum atomic E-state index is 13.2. The van der Waals surface area contributed by atoms with Gasteiger partial charge in [-0.25, -0.2) is 4.98 Å². The van der Waals surface area contributed by atoms with Crippen molar-refractivity contribution in [2.24, 2.45) is 0 Å². The van der Waals surface area contributed by atoms with Gasteiger partial charge in [0.2, 0.25) is 0 Å². The lowest BCUT2D eigenvalue weighted by Gasteiger charge is -2.39. The van der Waals surface area contributed by atoms with Gasteiger partial charge in [-0.3, -0.25) is 9.59 Å². The predicted molar refractivity (Wildman–Crippen MR) is 151 cm³/mol. The third-order valence-corrected chi connectivity index (χ3v) is 7.77. The van der Waals surface area contributed by atoms with Gasteiger partial charge in [0.05, 0.1) is 36.5 Å². The summed E-state index contributed by atoms with van der Waals surface area (Å²) in [4.78, 5) is 33.7. The Morgan fingerprint density at radius 2 is 1.87 bits per heavy atom. The first-order valence-corrected chi connectivity index (χ1v) is 13.9. The standard InChI is InChI=1S/C30H38N4O5/c1-20(2)34-15-11-24(29(30(34)36)39-19-35)32-28-21-9-4-5-10-23(21)31-25-18-27(26(37-3)17-22(25)28)38-16-8-14-33-12-6-7-13-33/h4-5,9-10,17-20,24,29H,6-8,11-16H2,1-3H3,(H,31,32). The van der Waals surface area contributed by atoms with Crippen LogP contribution in [0.5, 0.6) is 11.5 Å². The second-order valence-corrected chi connectivity index (χ2v) is 10.6. The molecule has 2 fully saturated rings. The normalized spacial score (nSPS) is 20.1. The van der Waals surface area contributed by atoms with Gasteiger partial charge in [0.25, 0.3) is 12.4 Å². The highest BCUT2D eigenvalue weighted by atomic mass is 16.5. The van der Waals surface area contributed by atoms with E-state index in [1.54, 1.807) is 12.0 Å².